The number of methoxy groups -OCH3 is 1. The van der Waals surface area contributed by atoms with Crippen LogP contribution in [0, 0.1) is 0 Å². The van der Waals surface area contributed by atoms with Crippen LogP contribution in [-0.2, 0) is 4.79 Å². The predicted octanol–water partition coefficient (Wildman–Crippen LogP) is 0.872. The second-order valence-electron chi connectivity index (χ2n) is 3.14. The molecule has 0 radical (unpaired) electrons. The molecule has 1 aliphatic heterocycles. The van der Waals surface area contributed by atoms with Crippen LogP contribution < -0.4 is 9.64 Å². The van der Waals surface area contributed by atoms with Crippen molar-refractivity contribution in [1.29, 1.82) is 0 Å². The van der Waals surface area contributed by atoms with E-state index >= 15 is 0 Å². The van der Waals surface area contributed by atoms with Crippen LogP contribution in [-0.4, -0.2) is 30.5 Å². The number of carbonyl (C=O) groups is 1. The lowest BCUT2D eigenvalue weighted by Crippen LogP contribution is -2.53. The largest absolute Gasteiger partial charge is 0.497 e. The van der Waals surface area contributed by atoms with Gasteiger partial charge in [0.2, 0.25) is 0 Å². The standard InChI is InChI=1S/C10H10N2O3/c1-15-8-4-2-7(3-5-8)12-6-9(11-14)10(12)13/h2-5,14H,6H2,1H3. The summed E-state index contributed by atoms with van der Waals surface area (Å²) in [7, 11) is 1.58. The van der Waals surface area contributed by atoms with E-state index in [2.05, 4.69) is 5.16 Å². The Morgan fingerprint density at radius 1 is 1.40 bits per heavy atom. The van der Waals surface area contributed by atoms with Gasteiger partial charge in [0, 0.05) is 5.69 Å². The number of amides is 1. The highest BCUT2D eigenvalue weighted by atomic mass is 16.5. The second kappa shape index (κ2) is 3.61. The second-order valence-corrected chi connectivity index (χ2v) is 3.14. The average molecular weight is 206 g/mol. The fourth-order valence-corrected chi connectivity index (χ4v) is 1.40. The summed E-state index contributed by atoms with van der Waals surface area (Å²) >= 11 is 0. The molecule has 1 amide bonds. The van der Waals surface area contributed by atoms with Crippen LogP contribution in [0.25, 0.3) is 0 Å². The van der Waals surface area contributed by atoms with Crippen LogP contribution in [0.15, 0.2) is 29.4 Å². The van der Waals surface area contributed by atoms with Gasteiger partial charge >= 0.3 is 0 Å². The van der Waals surface area contributed by atoms with Gasteiger partial charge in [-0.1, -0.05) is 5.16 Å². The fraction of sp³-hybridized carbons (Fsp3) is 0.200. The van der Waals surface area contributed by atoms with E-state index < -0.39 is 0 Å². The number of hydrogen-bond acceptors (Lipinski definition) is 4. The molecular weight excluding hydrogens is 196 g/mol. The minimum absolute atomic E-state index is 0.186. The maximum Gasteiger partial charge on any atom is 0.278 e. The van der Waals surface area contributed by atoms with Crippen molar-refractivity contribution >= 4 is 17.3 Å². The molecule has 0 aromatic heterocycles. The van der Waals surface area contributed by atoms with Gasteiger partial charge in [0.25, 0.3) is 5.91 Å². The molecule has 1 saturated heterocycles. The molecule has 1 fully saturated rings. The summed E-state index contributed by atoms with van der Waals surface area (Å²) in [6, 6.07) is 7.11. The van der Waals surface area contributed by atoms with Gasteiger partial charge in [-0.2, -0.15) is 0 Å². The monoisotopic (exact) mass is 206 g/mol. The topological polar surface area (TPSA) is 62.1 Å². The molecule has 5 nitrogen and oxygen atoms in total. The Hall–Kier alpha value is -2.04. The van der Waals surface area contributed by atoms with E-state index in [-0.39, 0.29) is 11.6 Å². The Morgan fingerprint density at radius 3 is 2.53 bits per heavy atom. The van der Waals surface area contributed by atoms with Gasteiger partial charge < -0.3 is 14.8 Å². The Balaban J connectivity index is 2.15. The highest BCUT2D eigenvalue weighted by molar-refractivity contribution is 6.52. The summed E-state index contributed by atoms with van der Waals surface area (Å²) in [5.74, 6) is 0.477. The number of β-lactam (4-membered cyclic amide) rings is 1. The molecule has 0 atom stereocenters. The number of benzene rings is 1. The number of ether oxygens (including phenoxy) is 1. The lowest BCUT2D eigenvalue weighted by atomic mass is 10.1. The molecule has 1 N–H and O–H groups in total. The molecule has 0 bridgehead atoms. The van der Waals surface area contributed by atoms with Gasteiger partial charge in [0.15, 0.2) is 5.71 Å². The number of rotatable bonds is 2. The summed E-state index contributed by atoms with van der Waals surface area (Å²) in [4.78, 5) is 12.9. The van der Waals surface area contributed by atoms with Crippen LogP contribution in [0.2, 0.25) is 0 Å². The van der Waals surface area contributed by atoms with Crippen molar-refractivity contribution < 1.29 is 14.7 Å². The van der Waals surface area contributed by atoms with Crippen molar-refractivity contribution in [3.63, 3.8) is 0 Å². The Morgan fingerprint density at radius 2 is 2.07 bits per heavy atom. The van der Waals surface area contributed by atoms with Crippen molar-refractivity contribution in [3.8, 4) is 5.75 Å². The normalized spacial score (nSPS) is 17.8. The van der Waals surface area contributed by atoms with Gasteiger partial charge in [-0.15, -0.1) is 0 Å². The van der Waals surface area contributed by atoms with E-state index in [9.17, 15) is 4.79 Å². The highest BCUT2D eigenvalue weighted by Crippen LogP contribution is 2.23. The summed E-state index contributed by atoms with van der Waals surface area (Å²) < 4.78 is 5.00. The summed E-state index contributed by atoms with van der Waals surface area (Å²) in [6.07, 6.45) is 0. The number of oxime groups is 1. The third-order valence-electron chi connectivity index (χ3n) is 2.30. The zero-order chi connectivity index (χ0) is 10.8. The molecule has 1 aromatic carbocycles. The third kappa shape index (κ3) is 1.52. The van der Waals surface area contributed by atoms with Crippen LogP contribution in [0.1, 0.15) is 0 Å². The van der Waals surface area contributed by atoms with E-state index in [0.717, 1.165) is 11.4 Å². The maximum absolute atomic E-state index is 11.4. The van der Waals surface area contributed by atoms with Crippen molar-refractivity contribution in [3.05, 3.63) is 24.3 Å². The van der Waals surface area contributed by atoms with E-state index in [1.54, 1.807) is 31.4 Å². The van der Waals surface area contributed by atoms with E-state index in [1.165, 1.54) is 4.90 Å². The van der Waals surface area contributed by atoms with Crippen LogP contribution in [0.4, 0.5) is 5.69 Å². The molecular formula is C10H10N2O3. The van der Waals surface area contributed by atoms with E-state index in [1.807, 2.05) is 0 Å². The van der Waals surface area contributed by atoms with Crippen LogP contribution in [0.5, 0.6) is 5.75 Å². The first-order valence-corrected chi connectivity index (χ1v) is 4.43. The SMILES string of the molecule is COc1ccc(N2CC(=NO)C2=O)cc1. The number of hydrogen-bond donors (Lipinski definition) is 1. The number of anilines is 1. The Labute approximate surface area is 86.6 Å². The van der Waals surface area contributed by atoms with E-state index in [0.29, 0.717) is 6.54 Å². The first-order valence-electron chi connectivity index (χ1n) is 4.43. The molecule has 1 heterocycles. The molecule has 0 spiro atoms. The van der Waals surface area contributed by atoms with Gasteiger partial charge in [-0.05, 0) is 24.3 Å². The molecule has 5 heteroatoms. The molecule has 1 aromatic rings. The number of carbonyl (C=O) groups excluding carboxylic acids is 1. The van der Waals surface area contributed by atoms with Crippen LogP contribution >= 0.6 is 0 Å². The van der Waals surface area contributed by atoms with Crippen molar-refractivity contribution in [2.75, 3.05) is 18.6 Å². The molecule has 0 saturated carbocycles. The van der Waals surface area contributed by atoms with Crippen LogP contribution in [0.3, 0.4) is 0 Å². The lowest BCUT2D eigenvalue weighted by molar-refractivity contribution is -0.114. The molecule has 15 heavy (non-hydrogen) atoms. The summed E-state index contributed by atoms with van der Waals surface area (Å²) in [6.45, 7) is 0.349. The van der Waals surface area contributed by atoms with Gasteiger partial charge in [-0.3, -0.25) is 4.79 Å². The van der Waals surface area contributed by atoms with Gasteiger partial charge in [0.05, 0.1) is 13.7 Å². The van der Waals surface area contributed by atoms with Gasteiger partial charge in [0.1, 0.15) is 5.75 Å². The smallest absolute Gasteiger partial charge is 0.278 e. The lowest BCUT2D eigenvalue weighted by Gasteiger charge is -2.30. The fourth-order valence-electron chi connectivity index (χ4n) is 1.40. The zero-order valence-electron chi connectivity index (χ0n) is 8.17. The van der Waals surface area contributed by atoms with E-state index in [4.69, 9.17) is 9.94 Å². The highest BCUT2D eigenvalue weighted by Gasteiger charge is 2.34. The first kappa shape index (κ1) is 9.51. The average Bonchev–Trinajstić information content (AvgIpc) is 2.28. The molecule has 0 aliphatic carbocycles. The Kier molecular flexibility index (Phi) is 2.29. The molecule has 0 unspecified atom stereocenters. The first-order chi connectivity index (χ1) is 7.26. The van der Waals surface area contributed by atoms with Crippen molar-refractivity contribution in [2.45, 2.75) is 0 Å². The Bertz CT molecular complexity index is 411. The molecule has 1 aliphatic rings. The quantitative estimate of drug-likeness (QED) is 0.443. The third-order valence-corrected chi connectivity index (χ3v) is 2.30. The number of nitrogens with zero attached hydrogens (tertiary/aromatic N) is 2. The van der Waals surface area contributed by atoms with Crippen molar-refractivity contribution in [1.82, 2.24) is 0 Å². The minimum Gasteiger partial charge on any atom is -0.497 e. The summed E-state index contributed by atoms with van der Waals surface area (Å²) in [5, 5.41) is 11.3. The maximum atomic E-state index is 11.4. The predicted molar refractivity (Wildman–Crippen MR) is 54.6 cm³/mol. The zero-order valence-corrected chi connectivity index (χ0v) is 8.17. The minimum atomic E-state index is -0.261. The molecule has 78 valence electrons. The summed E-state index contributed by atoms with van der Waals surface area (Å²) in [5.41, 5.74) is 0.957. The van der Waals surface area contributed by atoms with Gasteiger partial charge in [-0.25, -0.2) is 0 Å². The molecule has 2 rings (SSSR count). The van der Waals surface area contributed by atoms with Crippen molar-refractivity contribution in [2.24, 2.45) is 5.16 Å².